The molecule has 1 aliphatic carbocycles. The molecule has 0 aliphatic heterocycles. The van der Waals surface area contributed by atoms with Crippen LogP contribution in [0.2, 0.25) is 0 Å². The van der Waals surface area contributed by atoms with Crippen LogP contribution in [-0.2, 0) is 24.1 Å². The van der Waals surface area contributed by atoms with Gasteiger partial charge in [-0.05, 0) is 47.1 Å². The van der Waals surface area contributed by atoms with Crippen molar-refractivity contribution in [3.8, 4) is 11.1 Å². The Hall–Kier alpha value is -2.09. The van der Waals surface area contributed by atoms with Crippen LogP contribution in [0.3, 0.4) is 0 Å². The highest BCUT2D eigenvalue weighted by Gasteiger charge is 2.15. The summed E-state index contributed by atoms with van der Waals surface area (Å²) in [6.07, 6.45) is 2.94. The van der Waals surface area contributed by atoms with E-state index in [1.807, 2.05) is 0 Å². The third-order valence-corrected chi connectivity index (χ3v) is 3.77. The first-order valence-corrected chi connectivity index (χ1v) is 6.66. The minimum atomic E-state index is -0.733. The van der Waals surface area contributed by atoms with Crippen LogP contribution in [0.25, 0.3) is 11.1 Å². The molecule has 3 rings (SSSR count). The molecule has 0 aromatic heterocycles. The highest BCUT2D eigenvalue weighted by atomic mass is 16.4. The molecule has 2 nitrogen and oxygen atoms in total. The Bertz CT molecular complexity index is 629. The molecule has 0 spiro atoms. The molecule has 19 heavy (non-hydrogen) atoms. The molecule has 0 saturated carbocycles. The third-order valence-electron chi connectivity index (χ3n) is 3.77. The van der Waals surface area contributed by atoms with Gasteiger partial charge < -0.3 is 5.11 Å². The highest BCUT2D eigenvalue weighted by molar-refractivity contribution is 5.73. The molecule has 2 aromatic rings. The number of hydrogen-bond acceptors (Lipinski definition) is 1. The summed E-state index contributed by atoms with van der Waals surface area (Å²) in [7, 11) is 0. The number of carboxylic acid groups (broad SMARTS) is 1. The monoisotopic (exact) mass is 252 g/mol. The van der Waals surface area contributed by atoms with Gasteiger partial charge in [-0.15, -0.1) is 0 Å². The van der Waals surface area contributed by atoms with Crippen LogP contribution in [0.15, 0.2) is 42.5 Å². The molecule has 0 fully saturated rings. The summed E-state index contributed by atoms with van der Waals surface area (Å²) in [4.78, 5) is 10.6. The Kier molecular flexibility index (Phi) is 3.08. The van der Waals surface area contributed by atoms with E-state index >= 15 is 0 Å². The topological polar surface area (TPSA) is 37.3 Å². The number of aliphatic carboxylic acids is 1. The van der Waals surface area contributed by atoms with E-state index < -0.39 is 5.97 Å². The van der Waals surface area contributed by atoms with Crippen LogP contribution < -0.4 is 0 Å². The number of fused-ring (bicyclic) bond motifs is 3. The Morgan fingerprint density at radius 3 is 2.58 bits per heavy atom. The van der Waals surface area contributed by atoms with Crippen LogP contribution in [0.1, 0.15) is 23.1 Å². The number of hydrogen-bond donors (Lipinski definition) is 1. The fourth-order valence-electron chi connectivity index (χ4n) is 2.79. The first-order valence-electron chi connectivity index (χ1n) is 6.66. The van der Waals surface area contributed by atoms with Crippen molar-refractivity contribution >= 4 is 5.97 Å². The predicted molar refractivity (Wildman–Crippen MR) is 75.2 cm³/mol. The van der Waals surface area contributed by atoms with Gasteiger partial charge in [-0.2, -0.15) is 0 Å². The lowest BCUT2D eigenvalue weighted by atomic mass is 9.84. The van der Waals surface area contributed by atoms with Gasteiger partial charge in [-0.25, -0.2) is 0 Å². The summed E-state index contributed by atoms with van der Waals surface area (Å²) in [6.45, 7) is 0. The summed E-state index contributed by atoms with van der Waals surface area (Å²) in [5.74, 6) is -0.733. The second-order valence-corrected chi connectivity index (χ2v) is 5.04. The van der Waals surface area contributed by atoms with Crippen molar-refractivity contribution in [3.05, 3.63) is 59.2 Å². The first kappa shape index (κ1) is 12.0. The van der Waals surface area contributed by atoms with E-state index in [9.17, 15) is 4.79 Å². The Morgan fingerprint density at radius 1 is 1.00 bits per heavy atom. The van der Waals surface area contributed by atoms with E-state index in [1.165, 1.54) is 22.3 Å². The van der Waals surface area contributed by atoms with E-state index in [4.69, 9.17) is 5.11 Å². The van der Waals surface area contributed by atoms with Crippen LogP contribution in [0.5, 0.6) is 0 Å². The van der Waals surface area contributed by atoms with Gasteiger partial charge in [0.05, 0.1) is 0 Å². The molecule has 0 atom stereocenters. The van der Waals surface area contributed by atoms with E-state index in [0.717, 1.165) is 18.4 Å². The molecule has 1 N–H and O–H groups in total. The maximum absolute atomic E-state index is 10.6. The molecule has 0 amide bonds. The summed E-state index contributed by atoms with van der Waals surface area (Å²) in [6, 6.07) is 14.9. The van der Waals surface area contributed by atoms with Crippen molar-refractivity contribution in [3.63, 3.8) is 0 Å². The summed E-state index contributed by atoms with van der Waals surface area (Å²) < 4.78 is 0. The SMILES string of the molecule is O=C(O)CCc1ccc2c(c1)CCc1ccccc1-2. The Labute approximate surface area is 112 Å². The molecule has 0 radical (unpaired) electrons. The van der Waals surface area contributed by atoms with Gasteiger partial charge in [0.2, 0.25) is 0 Å². The third kappa shape index (κ3) is 2.39. The lowest BCUT2D eigenvalue weighted by molar-refractivity contribution is -0.136. The molecule has 0 unspecified atom stereocenters. The van der Waals surface area contributed by atoms with Gasteiger partial charge in [0, 0.05) is 6.42 Å². The molecule has 2 heteroatoms. The average Bonchev–Trinajstić information content (AvgIpc) is 2.44. The van der Waals surface area contributed by atoms with Crippen molar-refractivity contribution in [1.82, 2.24) is 0 Å². The van der Waals surface area contributed by atoms with Crippen LogP contribution in [0, 0.1) is 0 Å². The highest BCUT2D eigenvalue weighted by Crippen LogP contribution is 2.33. The fourth-order valence-corrected chi connectivity index (χ4v) is 2.79. The van der Waals surface area contributed by atoms with Crippen molar-refractivity contribution in [2.24, 2.45) is 0 Å². The maximum atomic E-state index is 10.6. The summed E-state index contributed by atoms with van der Waals surface area (Å²) in [5, 5.41) is 8.74. The van der Waals surface area contributed by atoms with Crippen molar-refractivity contribution in [2.75, 3.05) is 0 Å². The van der Waals surface area contributed by atoms with Gasteiger partial charge in [0.25, 0.3) is 0 Å². The molecule has 1 aliphatic rings. The summed E-state index contributed by atoms with van der Waals surface area (Å²) in [5.41, 5.74) is 6.52. The van der Waals surface area contributed by atoms with E-state index in [-0.39, 0.29) is 6.42 Å². The standard InChI is InChI=1S/C17H16O2/c18-17(19)10-6-12-5-9-16-14(11-12)8-7-13-3-1-2-4-15(13)16/h1-5,9,11H,6-8,10H2,(H,18,19). The predicted octanol–water partition coefficient (Wildman–Crippen LogP) is 3.47. The largest absolute Gasteiger partial charge is 0.481 e. The van der Waals surface area contributed by atoms with Gasteiger partial charge in [-0.1, -0.05) is 42.5 Å². The average molecular weight is 252 g/mol. The Morgan fingerprint density at radius 2 is 1.74 bits per heavy atom. The van der Waals surface area contributed by atoms with Crippen LogP contribution in [0.4, 0.5) is 0 Å². The Balaban J connectivity index is 1.94. The molecular weight excluding hydrogens is 236 g/mol. The second kappa shape index (κ2) is 4.88. The zero-order valence-electron chi connectivity index (χ0n) is 10.7. The number of carbonyl (C=O) groups is 1. The minimum Gasteiger partial charge on any atom is -0.481 e. The lowest BCUT2D eigenvalue weighted by Gasteiger charge is -2.20. The van der Waals surface area contributed by atoms with Crippen molar-refractivity contribution in [2.45, 2.75) is 25.7 Å². The minimum absolute atomic E-state index is 0.204. The maximum Gasteiger partial charge on any atom is 0.303 e. The number of aryl methyl sites for hydroxylation is 3. The molecular formula is C17H16O2. The smallest absolute Gasteiger partial charge is 0.303 e. The normalized spacial score (nSPS) is 12.6. The lowest BCUT2D eigenvalue weighted by Crippen LogP contribution is -2.05. The second-order valence-electron chi connectivity index (χ2n) is 5.04. The zero-order chi connectivity index (χ0) is 13.2. The van der Waals surface area contributed by atoms with Gasteiger partial charge >= 0.3 is 5.97 Å². The van der Waals surface area contributed by atoms with E-state index in [0.29, 0.717) is 6.42 Å². The molecule has 0 saturated heterocycles. The molecule has 0 bridgehead atoms. The van der Waals surface area contributed by atoms with Crippen molar-refractivity contribution < 1.29 is 9.90 Å². The summed E-state index contributed by atoms with van der Waals surface area (Å²) >= 11 is 0. The molecule has 2 aromatic carbocycles. The van der Waals surface area contributed by atoms with E-state index in [1.54, 1.807) is 0 Å². The fraction of sp³-hybridized carbons (Fsp3) is 0.235. The van der Waals surface area contributed by atoms with Gasteiger partial charge in [0.1, 0.15) is 0 Å². The van der Waals surface area contributed by atoms with Gasteiger partial charge in [0.15, 0.2) is 0 Å². The van der Waals surface area contributed by atoms with Gasteiger partial charge in [-0.3, -0.25) is 4.79 Å². The first-order chi connectivity index (χ1) is 9.24. The van der Waals surface area contributed by atoms with E-state index in [2.05, 4.69) is 42.5 Å². The zero-order valence-corrected chi connectivity index (χ0v) is 10.7. The quantitative estimate of drug-likeness (QED) is 0.908. The molecule has 96 valence electrons. The number of rotatable bonds is 3. The van der Waals surface area contributed by atoms with Crippen LogP contribution >= 0.6 is 0 Å². The number of carboxylic acids is 1. The van der Waals surface area contributed by atoms with Crippen LogP contribution in [-0.4, -0.2) is 11.1 Å². The van der Waals surface area contributed by atoms with Crippen molar-refractivity contribution in [1.29, 1.82) is 0 Å². The molecule has 0 heterocycles. The number of benzene rings is 2.